The van der Waals surface area contributed by atoms with Gasteiger partial charge in [0.2, 0.25) is 0 Å². The lowest BCUT2D eigenvalue weighted by atomic mass is 10.1. The molecule has 1 heterocycles. The molecule has 0 aliphatic rings. The van der Waals surface area contributed by atoms with E-state index in [1.54, 1.807) is 4.68 Å². The van der Waals surface area contributed by atoms with Gasteiger partial charge in [0.25, 0.3) is 0 Å². The minimum atomic E-state index is -4.53. The van der Waals surface area contributed by atoms with Crippen molar-refractivity contribution in [1.29, 1.82) is 0 Å². The van der Waals surface area contributed by atoms with Crippen molar-refractivity contribution in [3.8, 4) is 0 Å². The number of nitrogens with zero attached hydrogens (tertiary/aromatic N) is 2. The fourth-order valence-electron chi connectivity index (χ4n) is 2.19. The molecule has 0 saturated carbocycles. The predicted molar refractivity (Wildman–Crippen MR) is 78.4 cm³/mol. The van der Waals surface area contributed by atoms with Crippen LogP contribution in [0.1, 0.15) is 31.6 Å². The molecule has 0 fully saturated rings. The fourth-order valence-corrected chi connectivity index (χ4v) is 3.36. The molecule has 0 amide bonds. The smallest absolute Gasteiger partial charge is 0.360 e. The normalized spacial score (nSPS) is 13.9. The Labute approximate surface area is 133 Å². The summed E-state index contributed by atoms with van der Waals surface area (Å²) in [6.07, 6.45) is -1.94. The van der Waals surface area contributed by atoms with Crippen molar-refractivity contribution in [3.63, 3.8) is 0 Å². The molecular formula is C13H13BrClF3N2O. The zero-order valence-corrected chi connectivity index (χ0v) is 13.7. The molecule has 8 heteroatoms. The van der Waals surface area contributed by atoms with Gasteiger partial charge in [-0.05, 0) is 28.4 Å². The molecule has 1 atom stereocenters. The lowest BCUT2D eigenvalue weighted by Gasteiger charge is -2.17. The Balaban J connectivity index is 2.66. The lowest BCUT2D eigenvalue weighted by Crippen LogP contribution is -2.13. The van der Waals surface area contributed by atoms with Crippen LogP contribution in [-0.2, 0) is 10.9 Å². The highest BCUT2D eigenvalue weighted by atomic mass is 79.9. The SMILES string of the molecule is CCCC(OC)n1ncc2c(Br)c(C(F)(F)F)c(Cl)cc21. The summed E-state index contributed by atoms with van der Waals surface area (Å²) in [7, 11) is 1.54. The number of halogens is 5. The van der Waals surface area contributed by atoms with E-state index in [1.807, 2.05) is 6.92 Å². The van der Waals surface area contributed by atoms with Crippen LogP contribution in [0.25, 0.3) is 10.9 Å². The minimum Gasteiger partial charge on any atom is -0.360 e. The maximum absolute atomic E-state index is 13.0. The number of fused-ring (bicyclic) bond motifs is 1. The summed E-state index contributed by atoms with van der Waals surface area (Å²) in [6, 6.07) is 1.28. The maximum atomic E-state index is 13.0. The van der Waals surface area contributed by atoms with Gasteiger partial charge in [0, 0.05) is 17.0 Å². The summed E-state index contributed by atoms with van der Waals surface area (Å²) in [6.45, 7) is 1.99. The zero-order valence-electron chi connectivity index (χ0n) is 11.3. The van der Waals surface area contributed by atoms with Crippen LogP contribution in [0.5, 0.6) is 0 Å². The van der Waals surface area contributed by atoms with Crippen molar-refractivity contribution in [2.75, 3.05) is 7.11 Å². The second-order valence-electron chi connectivity index (χ2n) is 4.55. The van der Waals surface area contributed by atoms with Crippen molar-refractivity contribution < 1.29 is 17.9 Å². The first-order valence-electron chi connectivity index (χ1n) is 6.26. The number of aromatic nitrogens is 2. The van der Waals surface area contributed by atoms with Gasteiger partial charge in [-0.3, -0.25) is 0 Å². The topological polar surface area (TPSA) is 27.1 Å². The molecule has 1 aromatic carbocycles. The third-order valence-corrected chi connectivity index (χ3v) is 4.28. The average molecular weight is 386 g/mol. The molecule has 0 spiro atoms. The van der Waals surface area contributed by atoms with Gasteiger partial charge >= 0.3 is 6.18 Å². The Morgan fingerprint density at radius 3 is 2.67 bits per heavy atom. The van der Waals surface area contributed by atoms with E-state index < -0.39 is 11.7 Å². The summed E-state index contributed by atoms with van der Waals surface area (Å²) in [5.74, 6) is 0. The molecule has 0 aliphatic carbocycles. The molecule has 0 radical (unpaired) electrons. The Bertz CT molecular complexity index is 657. The molecule has 0 N–H and O–H groups in total. The first-order valence-corrected chi connectivity index (χ1v) is 7.43. The number of hydrogen-bond acceptors (Lipinski definition) is 2. The van der Waals surface area contributed by atoms with E-state index in [1.165, 1.54) is 19.4 Å². The van der Waals surface area contributed by atoms with Crippen LogP contribution in [0.3, 0.4) is 0 Å². The standard InChI is InChI=1S/C13H13BrClF3N2O/c1-3-4-10(21-2)20-9-5-8(15)11(13(16,17)18)12(14)7(9)6-19-20/h5-6,10H,3-4H2,1-2H3. The van der Waals surface area contributed by atoms with Crippen LogP contribution in [0, 0.1) is 0 Å². The Morgan fingerprint density at radius 1 is 1.48 bits per heavy atom. The lowest BCUT2D eigenvalue weighted by molar-refractivity contribution is -0.138. The second kappa shape index (κ2) is 6.14. The van der Waals surface area contributed by atoms with Crippen LogP contribution in [0.2, 0.25) is 5.02 Å². The van der Waals surface area contributed by atoms with E-state index in [4.69, 9.17) is 16.3 Å². The van der Waals surface area contributed by atoms with Gasteiger partial charge in [-0.2, -0.15) is 18.3 Å². The second-order valence-corrected chi connectivity index (χ2v) is 5.75. The summed E-state index contributed by atoms with van der Waals surface area (Å²) in [5.41, 5.74) is -0.388. The van der Waals surface area contributed by atoms with Crippen LogP contribution in [-0.4, -0.2) is 16.9 Å². The molecule has 1 aromatic heterocycles. The first-order chi connectivity index (χ1) is 9.81. The van der Waals surface area contributed by atoms with Gasteiger partial charge in [-0.15, -0.1) is 0 Å². The van der Waals surface area contributed by atoms with E-state index in [9.17, 15) is 13.2 Å². The number of hydrogen-bond donors (Lipinski definition) is 0. The van der Waals surface area contributed by atoms with Gasteiger partial charge < -0.3 is 4.74 Å². The quantitative estimate of drug-likeness (QED) is 0.703. The molecule has 1 unspecified atom stereocenters. The van der Waals surface area contributed by atoms with E-state index in [0.29, 0.717) is 17.3 Å². The van der Waals surface area contributed by atoms with E-state index in [2.05, 4.69) is 21.0 Å². The average Bonchev–Trinajstić information content (AvgIpc) is 2.78. The summed E-state index contributed by atoms with van der Waals surface area (Å²) < 4.78 is 45.9. The number of ether oxygens (including phenoxy) is 1. The summed E-state index contributed by atoms with van der Waals surface area (Å²) in [5, 5.41) is 4.13. The van der Waals surface area contributed by atoms with Gasteiger partial charge in [0.15, 0.2) is 0 Å². The molecule has 0 bridgehead atoms. The van der Waals surface area contributed by atoms with Gasteiger partial charge in [-0.1, -0.05) is 24.9 Å². The molecular weight excluding hydrogens is 373 g/mol. The minimum absolute atomic E-state index is 0.102. The Morgan fingerprint density at radius 2 is 2.14 bits per heavy atom. The maximum Gasteiger partial charge on any atom is 0.418 e. The molecule has 2 aromatic rings. The Kier molecular flexibility index (Phi) is 4.85. The molecule has 0 aliphatic heterocycles. The summed E-state index contributed by atoms with van der Waals surface area (Å²) in [4.78, 5) is 0. The zero-order chi connectivity index (χ0) is 15.8. The first kappa shape index (κ1) is 16.6. The van der Waals surface area contributed by atoms with Crippen LogP contribution in [0.15, 0.2) is 16.7 Å². The molecule has 21 heavy (non-hydrogen) atoms. The van der Waals surface area contributed by atoms with Crippen molar-refractivity contribution >= 4 is 38.4 Å². The molecule has 2 rings (SSSR count). The molecule has 3 nitrogen and oxygen atoms in total. The molecule has 116 valence electrons. The van der Waals surface area contributed by atoms with E-state index >= 15 is 0 Å². The van der Waals surface area contributed by atoms with Crippen LogP contribution in [0.4, 0.5) is 13.2 Å². The molecule has 0 saturated heterocycles. The number of benzene rings is 1. The van der Waals surface area contributed by atoms with Gasteiger partial charge in [-0.25, -0.2) is 4.68 Å². The predicted octanol–water partition coefficient (Wildman–Crippen LogP) is 5.42. The highest BCUT2D eigenvalue weighted by molar-refractivity contribution is 9.10. The fraction of sp³-hybridized carbons (Fsp3) is 0.462. The largest absolute Gasteiger partial charge is 0.418 e. The van der Waals surface area contributed by atoms with E-state index in [-0.39, 0.29) is 15.7 Å². The van der Waals surface area contributed by atoms with Crippen molar-refractivity contribution in [2.45, 2.75) is 32.2 Å². The monoisotopic (exact) mass is 384 g/mol. The van der Waals surface area contributed by atoms with Crippen molar-refractivity contribution in [2.24, 2.45) is 0 Å². The van der Waals surface area contributed by atoms with E-state index in [0.717, 1.165) is 6.42 Å². The number of methoxy groups -OCH3 is 1. The van der Waals surface area contributed by atoms with Gasteiger partial charge in [0.1, 0.15) is 6.23 Å². The summed E-state index contributed by atoms with van der Waals surface area (Å²) >= 11 is 8.81. The highest BCUT2D eigenvalue weighted by Crippen LogP contribution is 2.43. The third-order valence-electron chi connectivity index (χ3n) is 3.16. The number of alkyl halides is 3. The highest BCUT2D eigenvalue weighted by Gasteiger charge is 2.37. The number of rotatable bonds is 4. The third kappa shape index (κ3) is 3.05. The Hall–Kier alpha value is -0.790. The van der Waals surface area contributed by atoms with Gasteiger partial charge in [0.05, 0.1) is 22.3 Å². The van der Waals surface area contributed by atoms with Crippen molar-refractivity contribution in [3.05, 3.63) is 27.3 Å². The van der Waals surface area contributed by atoms with Crippen LogP contribution < -0.4 is 0 Å². The van der Waals surface area contributed by atoms with Crippen LogP contribution >= 0.6 is 27.5 Å². The van der Waals surface area contributed by atoms with Crippen molar-refractivity contribution in [1.82, 2.24) is 9.78 Å².